The molecule has 0 amide bonds. The van der Waals surface area contributed by atoms with Gasteiger partial charge in [-0.2, -0.15) is 5.26 Å². The molecule has 1 fully saturated rings. The third-order valence-corrected chi connectivity index (χ3v) is 8.43. The fourth-order valence-electron chi connectivity index (χ4n) is 6.85. The molecule has 1 aliphatic heterocycles. The Labute approximate surface area is 233 Å². The molecule has 40 heavy (non-hydrogen) atoms. The van der Waals surface area contributed by atoms with Gasteiger partial charge in [0.05, 0.1) is 42.8 Å². The van der Waals surface area contributed by atoms with Gasteiger partial charge < -0.3 is 24.6 Å². The molecule has 2 N–H and O–H groups in total. The highest BCUT2D eigenvalue weighted by molar-refractivity contribution is 5.59. The third-order valence-electron chi connectivity index (χ3n) is 8.43. The second-order valence-corrected chi connectivity index (χ2v) is 10.7. The summed E-state index contributed by atoms with van der Waals surface area (Å²) in [7, 11) is 3.54. The molecule has 0 saturated heterocycles. The zero-order valence-electron chi connectivity index (χ0n) is 22.4. The summed E-state index contributed by atoms with van der Waals surface area (Å²) in [6.07, 6.45) is 1.88. The number of nitriles is 1. The topological polar surface area (TPSA) is 98.8 Å². The first-order valence-corrected chi connectivity index (χ1v) is 13.3. The molecular weight excluding hydrogens is 502 g/mol. The maximum atomic E-state index is 12.9. The number of rotatable bonds is 7. The van der Waals surface area contributed by atoms with Crippen molar-refractivity contribution in [3.05, 3.63) is 125 Å². The maximum absolute atomic E-state index is 12.9. The lowest BCUT2D eigenvalue weighted by Crippen LogP contribution is -2.52. The lowest BCUT2D eigenvalue weighted by atomic mass is 9.70. The predicted octanol–water partition coefficient (Wildman–Crippen LogP) is 4.34. The van der Waals surface area contributed by atoms with Crippen LogP contribution in [-0.2, 0) is 17.7 Å². The summed E-state index contributed by atoms with van der Waals surface area (Å²) in [5.41, 5.74) is 0.336. The van der Waals surface area contributed by atoms with E-state index in [-0.39, 0.29) is 0 Å². The Bertz CT molecular complexity index is 1540. The second-order valence-electron chi connectivity index (χ2n) is 10.7. The fraction of sp³-hybridized carbons (Fsp3) is 0.273. The first-order valence-electron chi connectivity index (χ1n) is 13.3. The number of fused-ring (bicyclic) bond motifs is 3. The summed E-state index contributed by atoms with van der Waals surface area (Å²) in [4.78, 5) is 6.45. The van der Waals surface area contributed by atoms with Gasteiger partial charge in [-0.3, -0.25) is 4.98 Å². The Morgan fingerprint density at radius 3 is 2.33 bits per heavy atom. The van der Waals surface area contributed by atoms with Gasteiger partial charge in [0.2, 0.25) is 0 Å². The average molecular weight is 534 g/mol. The summed E-state index contributed by atoms with van der Waals surface area (Å²) < 4.78 is 12.5. The lowest BCUT2D eigenvalue weighted by molar-refractivity contribution is -0.152. The zero-order valence-corrected chi connectivity index (χ0v) is 22.4. The number of ether oxygens (including phenoxy) is 2. The highest BCUT2D eigenvalue weighted by Gasteiger charge is 2.76. The van der Waals surface area contributed by atoms with E-state index in [0.717, 1.165) is 11.1 Å². The van der Waals surface area contributed by atoms with Crippen LogP contribution >= 0.6 is 0 Å². The average Bonchev–Trinajstić information content (AvgIpc) is 3.36. The van der Waals surface area contributed by atoms with Crippen LogP contribution in [-0.4, -0.2) is 46.9 Å². The molecule has 0 bridgehead atoms. The summed E-state index contributed by atoms with van der Waals surface area (Å²) in [6.45, 7) is 1.17. The summed E-state index contributed by atoms with van der Waals surface area (Å²) in [6, 6.07) is 29.3. The molecule has 1 saturated carbocycles. The molecule has 7 nitrogen and oxygen atoms in total. The van der Waals surface area contributed by atoms with Gasteiger partial charge in [-0.15, -0.1) is 0 Å². The quantitative estimate of drug-likeness (QED) is 0.365. The number of methoxy groups -OCH3 is 1. The van der Waals surface area contributed by atoms with E-state index in [2.05, 4.69) is 28.1 Å². The minimum absolute atomic E-state index is 0.347. The van der Waals surface area contributed by atoms with E-state index in [4.69, 9.17) is 9.47 Å². The van der Waals surface area contributed by atoms with E-state index in [1.54, 1.807) is 18.3 Å². The van der Waals surface area contributed by atoms with Gasteiger partial charge >= 0.3 is 0 Å². The Hall–Kier alpha value is -4.22. The van der Waals surface area contributed by atoms with Crippen LogP contribution in [0.5, 0.6) is 11.5 Å². The molecule has 6 rings (SSSR count). The minimum Gasteiger partial charge on any atom is -0.495 e. The van der Waals surface area contributed by atoms with Gasteiger partial charge in [-0.05, 0) is 35.9 Å². The first kappa shape index (κ1) is 26.0. The highest BCUT2D eigenvalue weighted by atomic mass is 16.5. The van der Waals surface area contributed by atoms with Crippen molar-refractivity contribution < 1.29 is 19.7 Å². The molecule has 2 heterocycles. The molecule has 0 radical (unpaired) electrons. The van der Waals surface area contributed by atoms with E-state index in [0.29, 0.717) is 41.3 Å². The molecule has 3 aromatic carbocycles. The van der Waals surface area contributed by atoms with Crippen molar-refractivity contribution in [3.63, 3.8) is 0 Å². The minimum atomic E-state index is -1.87. The maximum Gasteiger partial charge on any atom is 0.177 e. The smallest absolute Gasteiger partial charge is 0.177 e. The van der Waals surface area contributed by atoms with Gasteiger partial charge in [0.25, 0.3) is 0 Å². The summed E-state index contributed by atoms with van der Waals surface area (Å²) in [5.74, 6) is -0.179. The van der Waals surface area contributed by atoms with Gasteiger partial charge in [0.15, 0.2) is 11.2 Å². The number of benzene rings is 3. The molecule has 202 valence electrons. The van der Waals surface area contributed by atoms with Crippen molar-refractivity contribution in [2.75, 3.05) is 20.7 Å². The van der Waals surface area contributed by atoms with Crippen LogP contribution in [0.3, 0.4) is 0 Å². The number of aliphatic hydroxyl groups is 2. The standard InChI is InChI=1S/C33H31N3O4/c1-36(20-23-9-5-3-6-10-23)21-26-29(24-11-7-4-8-12-24)33(25-15-13-22(17-34)14-16-25)32(38,31(26)37)30-27(39-2)18-35-19-28(30)40-33/h3-16,18-19,26,29,31,37-38H,20-21H2,1-2H3/t26-,29-,31?,32+,33+/m1/s1. The molecule has 1 aliphatic carbocycles. The Morgan fingerprint density at radius 1 is 1.00 bits per heavy atom. The van der Waals surface area contributed by atoms with Crippen molar-refractivity contribution in [2.24, 2.45) is 5.92 Å². The SMILES string of the molecule is COc1cncc2c1[C@]1(O)C(O)[C@H](CN(C)Cc3ccccc3)[C@@H](c3ccccc3)[C@]1(c1ccc(C#N)cc1)O2. The summed E-state index contributed by atoms with van der Waals surface area (Å²) >= 11 is 0. The Balaban J connectivity index is 1.56. The number of aromatic nitrogens is 1. The van der Waals surface area contributed by atoms with Gasteiger partial charge in [-0.1, -0.05) is 72.8 Å². The molecule has 5 atom stereocenters. The predicted molar refractivity (Wildman–Crippen MR) is 150 cm³/mol. The molecule has 7 heteroatoms. The van der Waals surface area contributed by atoms with E-state index in [9.17, 15) is 15.5 Å². The molecule has 1 aromatic heterocycles. The summed E-state index contributed by atoms with van der Waals surface area (Å²) in [5, 5.41) is 34.7. The van der Waals surface area contributed by atoms with Crippen molar-refractivity contribution in [1.29, 1.82) is 5.26 Å². The second kappa shape index (κ2) is 10.1. The molecule has 0 spiro atoms. The van der Waals surface area contributed by atoms with E-state index in [1.165, 1.54) is 13.3 Å². The van der Waals surface area contributed by atoms with E-state index in [1.807, 2.05) is 67.7 Å². The normalized spacial score (nSPS) is 26.6. The van der Waals surface area contributed by atoms with Crippen LogP contribution in [0.2, 0.25) is 0 Å². The highest BCUT2D eigenvalue weighted by Crippen LogP contribution is 2.69. The van der Waals surface area contributed by atoms with E-state index >= 15 is 0 Å². The van der Waals surface area contributed by atoms with Crippen LogP contribution in [0.4, 0.5) is 0 Å². The van der Waals surface area contributed by atoms with Crippen LogP contribution in [0.1, 0.15) is 33.7 Å². The van der Waals surface area contributed by atoms with Crippen LogP contribution < -0.4 is 9.47 Å². The van der Waals surface area contributed by atoms with Crippen molar-refractivity contribution in [1.82, 2.24) is 9.88 Å². The Morgan fingerprint density at radius 2 is 1.68 bits per heavy atom. The van der Waals surface area contributed by atoms with Gasteiger partial charge in [0.1, 0.15) is 11.5 Å². The van der Waals surface area contributed by atoms with Gasteiger partial charge in [-0.25, -0.2) is 0 Å². The zero-order chi connectivity index (χ0) is 27.9. The third kappa shape index (κ3) is 3.80. The number of aliphatic hydroxyl groups excluding tert-OH is 1. The Kier molecular flexibility index (Phi) is 6.55. The van der Waals surface area contributed by atoms with Crippen LogP contribution in [0.15, 0.2) is 97.3 Å². The van der Waals surface area contributed by atoms with Crippen LogP contribution in [0.25, 0.3) is 0 Å². The monoisotopic (exact) mass is 533 g/mol. The van der Waals surface area contributed by atoms with Crippen molar-refractivity contribution in [2.45, 2.75) is 29.8 Å². The lowest BCUT2D eigenvalue weighted by Gasteiger charge is -2.41. The first-order chi connectivity index (χ1) is 19.4. The van der Waals surface area contributed by atoms with E-state index < -0.39 is 29.1 Å². The number of hydrogen-bond donors (Lipinski definition) is 2. The van der Waals surface area contributed by atoms with Crippen LogP contribution in [0, 0.1) is 17.2 Å². The number of pyridine rings is 1. The van der Waals surface area contributed by atoms with Crippen molar-refractivity contribution >= 4 is 0 Å². The molecular formula is C33H31N3O4. The molecule has 4 aromatic rings. The van der Waals surface area contributed by atoms with Crippen molar-refractivity contribution in [3.8, 4) is 17.6 Å². The largest absolute Gasteiger partial charge is 0.495 e. The molecule has 1 unspecified atom stereocenters. The van der Waals surface area contributed by atoms with Gasteiger partial charge in [0, 0.05) is 24.9 Å². The number of hydrogen-bond acceptors (Lipinski definition) is 7. The number of nitrogens with zero attached hydrogens (tertiary/aromatic N) is 3. The fourth-order valence-corrected chi connectivity index (χ4v) is 6.85. The molecule has 2 aliphatic rings.